The highest BCUT2D eigenvalue weighted by Crippen LogP contribution is 2.39. The lowest BCUT2D eigenvalue weighted by atomic mass is 9.92. The van der Waals surface area contributed by atoms with E-state index in [4.69, 9.17) is 14.2 Å². The first kappa shape index (κ1) is 21.7. The van der Waals surface area contributed by atoms with Gasteiger partial charge >= 0.3 is 0 Å². The first-order valence-corrected chi connectivity index (χ1v) is 13.9. The smallest absolute Gasteiger partial charge is 0.188 e. The van der Waals surface area contributed by atoms with E-state index in [0.29, 0.717) is 0 Å². The van der Waals surface area contributed by atoms with Gasteiger partial charge in [0.2, 0.25) is 0 Å². The maximum Gasteiger partial charge on any atom is 0.188 e. The van der Waals surface area contributed by atoms with E-state index in [0.717, 1.165) is 29.9 Å². The van der Waals surface area contributed by atoms with E-state index in [1.54, 1.807) is 7.11 Å². The van der Waals surface area contributed by atoms with E-state index < -0.39 is 8.07 Å². The second kappa shape index (κ2) is 8.37. The molecule has 4 heteroatoms. The molecule has 2 aromatic rings. The van der Waals surface area contributed by atoms with Gasteiger partial charge in [0.1, 0.15) is 17.1 Å². The highest BCUT2D eigenvalue weighted by Gasteiger charge is 2.28. The highest BCUT2D eigenvalue weighted by molar-refractivity contribution is 6.89. The molecule has 1 atom stereocenters. The summed E-state index contributed by atoms with van der Waals surface area (Å²) < 4.78 is 17.6. The fourth-order valence-electron chi connectivity index (χ4n) is 3.77. The highest BCUT2D eigenvalue weighted by atomic mass is 28.3. The molecular weight excluding hydrogens is 376 g/mol. The molecular formula is C25H34O3Si. The van der Waals surface area contributed by atoms with Crippen molar-refractivity contribution in [3.8, 4) is 11.5 Å². The molecule has 0 radical (unpaired) electrons. The van der Waals surface area contributed by atoms with Crippen molar-refractivity contribution < 1.29 is 14.2 Å². The van der Waals surface area contributed by atoms with Crippen molar-refractivity contribution in [3.63, 3.8) is 0 Å². The average Bonchev–Trinajstić information content (AvgIpc) is 2.64. The fraction of sp³-hybridized carbons (Fsp3) is 0.440. The van der Waals surface area contributed by atoms with E-state index in [1.165, 1.54) is 21.5 Å². The van der Waals surface area contributed by atoms with Crippen LogP contribution in [0.3, 0.4) is 0 Å². The lowest BCUT2D eigenvalue weighted by Crippen LogP contribution is -2.39. The van der Waals surface area contributed by atoms with Crippen LogP contribution in [0.4, 0.5) is 0 Å². The van der Waals surface area contributed by atoms with E-state index in [9.17, 15) is 0 Å². The van der Waals surface area contributed by atoms with Crippen LogP contribution in [0.25, 0.3) is 16.8 Å². The Hall–Kier alpha value is -2.04. The van der Waals surface area contributed by atoms with Crippen LogP contribution in [0.2, 0.25) is 19.6 Å². The van der Waals surface area contributed by atoms with E-state index in [-0.39, 0.29) is 12.4 Å². The number of fused-ring (bicyclic) bond motifs is 3. The maximum absolute atomic E-state index is 6.45. The number of hydrogen-bond donors (Lipinski definition) is 0. The summed E-state index contributed by atoms with van der Waals surface area (Å²) in [7, 11) is 0.0932. The van der Waals surface area contributed by atoms with E-state index in [2.05, 4.69) is 82.9 Å². The van der Waals surface area contributed by atoms with Crippen molar-refractivity contribution >= 4 is 30.1 Å². The van der Waals surface area contributed by atoms with E-state index in [1.807, 2.05) is 0 Å². The summed E-state index contributed by atoms with van der Waals surface area (Å²) in [4.78, 5) is 0. The third-order valence-electron chi connectivity index (χ3n) is 5.40. The largest absolute Gasteiger partial charge is 0.483 e. The summed E-state index contributed by atoms with van der Waals surface area (Å²) in [6.07, 6.45) is 8.67. The standard InChI is InChI=1S/C25H34O3Si/c1-18(2)9-8-13-25(3)14-12-20-21-16-23(27-17-26-4)24(29(5,6)7)15-19(21)10-11-22(20)28-25/h9-12,14-16H,8,13,17H2,1-7H3/t25-/m1/s1. The minimum Gasteiger partial charge on any atom is -0.483 e. The third kappa shape index (κ3) is 4.93. The van der Waals surface area contributed by atoms with Gasteiger partial charge in [0.05, 0.1) is 8.07 Å². The lowest BCUT2D eigenvalue weighted by Gasteiger charge is -2.32. The quantitative estimate of drug-likeness (QED) is 0.305. The van der Waals surface area contributed by atoms with Gasteiger partial charge in [0.15, 0.2) is 6.79 Å². The molecule has 0 aromatic heterocycles. The number of benzene rings is 2. The zero-order valence-corrected chi connectivity index (χ0v) is 19.9. The van der Waals surface area contributed by atoms with Crippen LogP contribution in [0.15, 0.2) is 42.0 Å². The predicted octanol–water partition coefficient (Wildman–Crippen LogP) is 6.28. The molecule has 1 aliphatic rings. The molecule has 0 amide bonds. The molecule has 0 bridgehead atoms. The Morgan fingerprint density at radius 1 is 1.17 bits per heavy atom. The van der Waals surface area contributed by atoms with Crippen molar-refractivity contribution in [2.75, 3.05) is 13.9 Å². The van der Waals surface area contributed by atoms with Gasteiger partial charge in [-0.3, -0.25) is 0 Å². The van der Waals surface area contributed by atoms with Crippen molar-refractivity contribution in [1.29, 1.82) is 0 Å². The second-order valence-electron chi connectivity index (χ2n) is 9.42. The summed E-state index contributed by atoms with van der Waals surface area (Å²) in [6.45, 7) is 13.7. The molecule has 1 aliphatic heterocycles. The molecule has 1 heterocycles. The summed E-state index contributed by atoms with van der Waals surface area (Å²) in [5.41, 5.74) is 2.20. The summed E-state index contributed by atoms with van der Waals surface area (Å²) in [5.74, 6) is 1.87. The maximum atomic E-state index is 6.45. The molecule has 3 rings (SSSR count). The first-order chi connectivity index (χ1) is 13.6. The van der Waals surface area contributed by atoms with Gasteiger partial charge in [-0.05, 0) is 67.8 Å². The molecule has 0 saturated carbocycles. The van der Waals surface area contributed by atoms with Gasteiger partial charge in [-0.25, -0.2) is 0 Å². The van der Waals surface area contributed by atoms with Gasteiger partial charge in [0.25, 0.3) is 0 Å². The molecule has 0 spiro atoms. The summed E-state index contributed by atoms with van der Waals surface area (Å²) in [6, 6.07) is 8.75. The van der Waals surface area contributed by atoms with Crippen molar-refractivity contribution in [2.45, 2.75) is 58.9 Å². The number of methoxy groups -OCH3 is 1. The van der Waals surface area contributed by atoms with Crippen LogP contribution in [0.1, 0.15) is 39.2 Å². The molecule has 29 heavy (non-hydrogen) atoms. The van der Waals surface area contributed by atoms with Gasteiger partial charge in [0, 0.05) is 12.7 Å². The molecule has 0 fully saturated rings. The molecule has 2 aromatic carbocycles. The number of hydrogen-bond acceptors (Lipinski definition) is 3. The molecule has 0 aliphatic carbocycles. The van der Waals surface area contributed by atoms with Gasteiger partial charge in [-0.1, -0.05) is 49.5 Å². The second-order valence-corrected chi connectivity index (χ2v) is 14.5. The lowest BCUT2D eigenvalue weighted by molar-refractivity contribution is 0.0519. The van der Waals surface area contributed by atoms with Crippen LogP contribution < -0.4 is 14.7 Å². The third-order valence-corrected chi connectivity index (χ3v) is 7.41. The van der Waals surface area contributed by atoms with Crippen LogP contribution in [-0.4, -0.2) is 27.6 Å². The van der Waals surface area contributed by atoms with Crippen LogP contribution in [0, 0.1) is 0 Å². The summed E-state index contributed by atoms with van der Waals surface area (Å²) >= 11 is 0. The van der Waals surface area contributed by atoms with E-state index >= 15 is 0 Å². The van der Waals surface area contributed by atoms with Crippen LogP contribution >= 0.6 is 0 Å². The molecule has 0 N–H and O–H groups in total. The Morgan fingerprint density at radius 3 is 2.59 bits per heavy atom. The Morgan fingerprint density at radius 2 is 1.93 bits per heavy atom. The monoisotopic (exact) mass is 410 g/mol. The number of allylic oxidation sites excluding steroid dienone is 2. The zero-order chi connectivity index (χ0) is 21.2. The van der Waals surface area contributed by atoms with Gasteiger partial charge in [-0.15, -0.1) is 0 Å². The topological polar surface area (TPSA) is 27.7 Å². The Kier molecular flexibility index (Phi) is 6.25. The SMILES string of the molecule is COCOc1cc2c3c(ccc2cc1[Si](C)(C)C)O[C@](C)(CCC=C(C)C)C=C3. The Balaban J connectivity index is 2.02. The van der Waals surface area contributed by atoms with Gasteiger partial charge < -0.3 is 14.2 Å². The summed E-state index contributed by atoms with van der Waals surface area (Å²) in [5, 5.41) is 3.71. The first-order valence-electron chi connectivity index (χ1n) is 10.4. The van der Waals surface area contributed by atoms with Crippen LogP contribution in [0.5, 0.6) is 11.5 Å². The minimum atomic E-state index is -1.56. The predicted molar refractivity (Wildman–Crippen MR) is 126 cm³/mol. The van der Waals surface area contributed by atoms with Crippen molar-refractivity contribution in [1.82, 2.24) is 0 Å². The minimum absolute atomic E-state index is 0.257. The molecule has 0 unspecified atom stereocenters. The Bertz CT molecular complexity index is 949. The van der Waals surface area contributed by atoms with Crippen molar-refractivity contribution in [2.24, 2.45) is 0 Å². The molecule has 3 nitrogen and oxygen atoms in total. The number of rotatable bonds is 7. The number of ether oxygens (including phenoxy) is 3. The van der Waals surface area contributed by atoms with Crippen molar-refractivity contribution in [3.05, 3.63) is 47.6 Å². The average molecular weight is 411 g/mol. The fourth-order valence-corrected chi connectivity index (χ4v) is 5.24. The molecule has 156 valence electrons. The Labute approximate surface area is 176 Å². The molecule has 0 saturated heterocycles. The normalized spacial score (nSPS) is 18.3. The van der Waals surface area contributed by atoms with Gasteiger partial charge in [-0.2, -0.15) is 0 Å². The van der Waals surface area contributed by atoms with Crippen LogP contribution in [-0.2, 0) is 4.74 Å². The zero-order valence-electron chi connectivity index (χ0n) is 18.9.